The number of halogens is 1. The number of rotatable bonds is 2. The monoisotopic (exact) mass is 324 g/mol. The molecule has 6 heteroatoms. The number of fused-ring (bicyclic) bond motifs is 1. The lowest BCUT2D eigenvalue weighted by Crippen LogP contribution is -2.30. The number of benzene rings is 1. The van der Waals surface area contributed by atoms with E-state index in [1.54, 1.807) is 34.6 Å². The minimum atomic E-state index is -3.44. The zero-order valence-corrected chi connectivity index (χ0v) is 13.6. The lowest BCUT2D eigenvalue weighted by Gasteiger charge is -2.19. The van der Waals surface area contributed by atoms with E-state index < -0.39 is 10.0 Å². The number of hydrogen-bond donors (Lipinski definition) is 0. The van der Waals surface area contributed by atoms with Crippen LogP contribution in [0, 0.1) is 5.41 Å². The van der Waals surface area contributed by atoms with E-state index >= 15 is 0 Å². The highest BCUT2D eigenvalue weighted by atomic mass is 35.5. The molecule has 0 aliphatic carbocycles. The summed E-state index contributed by atoms with van der Waals surface area (Å²) in [5, 5.41) is 1.18. The molecule has 1 fully saturated rings. The molecule has 0 amide bonds. The van der Waals surface area contributed by atoms with Crippen LogP contribution in [0.4, 0.5) is 0 Å². The first-order valence-electron chi connectivity index (χ1n) is 6.84. The molecule has 0 N–H and O–H groups in total. The van der Waals surface area contributed by atoms with E-state index in [-0.39, 0.29) is 5.41 Å². The van der Waals surface area contributed by atoms with Crippen LogP contribution in [0.3, 0.4) is 0 Å². The summed E-state index contributed by atoms with van der Waals surface area (Å²) in [6.45, 7) is 5.32. The molecule has 1 aliphatic heterocycles. The predicted molar refractivity (Wildman–Crippen MR) is 83.9 cm³/mol. The number of aromatic nitrogens is 1. The van der Waals surface area contributed by atoms with Crippen LogP contribution >= 0.6 is 11.6 Å². The van der Waals surface area contributed by atoms with Crippen molar-refractivity contribution in [1.29, 1.82) is 0 Å². The molecule has 21 heavy (non-hydrogen) atoms. The van der Waals surface area contributed by atoms with Gasteiger partial charge in [-0.05, 0) is 42.2 Å². The molecule has 1 aliphatic rings. The highest BCUT2D eigenvalue weighted by Crippen LogP contribution is 2.33. The van der Waals surface area contributed by atoms with Gasteiger partial charge in [0.2, 0.25) is 10.0 Å². The molecule has 0 spiro atoms. The summed E-state index contributed by atoms with van der Waals surface area (Å²) in [7, 11) is -3.44. The second-order valence-corrected chi connectivity index (χ2v) is 8.57. The van der Waals surface area contributed by atoms with Crippen LogP contribution in [0.25, 0.3) is 10.9 Å². The standard InChI is InChI=1S/C15H17ClN2O2S/c1-15(2)7-8-18(10-15)21(19,20)12-4-5-13-11(9-12)3-6-14(16)17-13/h3-6,9H,7-8,10H2,1-2H3. The van der Waals surface area contributed by atoms with Gasteiger partial charge in [-0.25, -0.2) is 13.4 Å². The average molecular weight is 325 g/mol. The number of nitrogens with zero attached hydrogens (tertiary/aromatic N) is 2. The Hall–Kier alpha value is -1.17. The Morgan fingerprint density at radius 3 is 2.67 bits per heavy atom. The third-order valence-corrected chi connectivity index (χ3v) is 5.96. The van der Waals surface area contributed by atoms with Crippen LogP contribution in [-0.2, 0) is 10.0 Å². The van der Waals surface area contributed by atoms with E-state index in [1.807, 2.05) is 0 Å². The SMILES string of the molecule is CC1(C)CCN(S(=O)(=O)c2ccc3nc(Cl)ccc3c2)C1. The third kappa shape index (κ3) is 2.78. The molecule has 1 aromatic carbocycles. The topological polar surface area (TPSA) is 50.3 Å². The zero-order chi connectivity index (χ0) is 15.3. The molecule has 112 valence electrons. The molecular formula is C15H17ClN2O2S. The smallest absolute Gasteiger partial charge is 0.236 e. The van der Waals surface area contributed by atoms with Gasteiger partial charge in [-0.1, -0.05) is 25.4 Å². The van der Waals surface area contributed by atoms with Gasteiger partial charge in [-0.2, -0.15) is 4.31 Å². The van der Waals surface area contributed by atoms with Crippen molar-refractivity contribution in [3.63, 3.8) is 0 Å². The molecule has 0 radical (unpaired) electrons. The van der Waals surface area contributed by atoms with Crippen LogP contribution in [0.15, 0.2) is 35.2 Å². The fourth-order valence-corrected chi connectivity index (χ4v) is 4.48. The summed E-state index contributed by atoms with van der Waals surface area (Å²) in [5.41, 5.74) is 0.738. The van der Waals surface area contributed by atoms with E-state index in [2.05, 4.69) is 18.8 Å². The Morgan fingerprint density at radius 2 is 2.00 bits per heavy atom. The molecular weight excluding hydrogens is 308 g/mol. The predicted octanol–water partition coefficient (Wildman–Crippen LogP) is 3.31. The third-order valence-electron chi connectivity index (χ3n) is 3.91. The van der Waals surface area contributed by atoms with Crippen molar-refractivity contribution < 1.29 is 8.42 Å². The van der Waals surface area contributed by atoms with E-state index in [4.69, 9.17) is 11.6 Å². The van der Waals surface area contributed by atoms with Crippen LogP contribution in [0.5, 0.6) is 0 Å². The maximum absolute atomic E-state index is 12.7. The fourth-order valence-electron chi connectivity index (χ4n) is 2.66. The van der Waals surface area contributed by atoms with Crippen LogP contribution < -0.4 is 0 Å². The van der Waals surface area contributed by atoms with Crippen molar-refractivity contribution in [2.75, 3.05) is 13.1 Å². The van der Waals surface area contributed by atoms with Gasteiger partial charge in [0, 0.05) is 18.5 Å². The Labute approximate surface area is 129 Å². The van der Waals surface area contributed by atoms with E-state index in [0.29, 0.717) is 28.7 Å². The number of pyridine rings is 1. The lowest BCUT2D eigenvalue weighted by atomic mass is 9.93. The van der Waals surface area contributed by atoms with Crippen molar-refractivity contribution in [2.24, 2.45) is 5.41 Å². The van der Waals surface area contributed by atoms with Crippen molar-refractivity contribution >= 4 is 32.5 Å². The molecule has 0 bridgehead atoms. The largest absolute Gasteiger partial charge is 0.243 e. The van der Waals surface area contributed by atoms with Gasteiger partial charge in [0.05, 0.1) is 10.4 Å². The van der Waals surface area contributed by atoms with Crippen molar-refractivity contribution in [2.45, 2.75) is 25.2 Å². The maximum atomic E-state index is 12.7. The van der Waals surface area contributed by atoms with Gasteiger partial charge < -0.3 is 0 Å². The van der Waals surface area contributed by atoms with E-state index in [1.165, 1.54) is 0 Å². The summed E-state index contributed by atoms with van der Waals surface area (Å²) in [5.74, 6) is 0. The molecule has 4 nitrogen and oxygen atoms in total. The number of hydrogen-bond acceptors (Lipinski definition) is 3. The van der Waals surface area contributed by atoms with Gasteiger partial charge in [0.25, 0.3) is 0 Å². The van der Waals surface area contributed by atoms with Gasteiger partial charge in [0.1, 0.15) is 5.15 Å². The summed E-state index contributed by atoms with van der Waals surface area (Å²) < 4.78 is 27.0. The Bertz CT molecular complexity index is 802. The molecule has 2 aromatic rings. The lowest BCUT2D eigenvalue weighted by molar-refractivity contribution is 0.375. The fraction of sp³-hybridized carbons (Fsp3) is 0.400. The van der Waals surface area contributed by atoms with E-state index in [0.717, 1.165) is 11.8 Å². The van der Waals surface area contributed by atoms with Gasteiger partial charge in [-0.3, -0.25) is 0 Å². The first kappa shape index (κ1) is 14.8. The molecule has 1 saturated heterocycles. The molecule has 0 saturated carbocycles. The summed E-state index contributed by atoms with van der Waals surface area (Å²) in [6.07, 6.45) is 0.886. The van der Waals surface area contributed by atoms with E-state index in [9.17, 15) is 8.42 Å². The number of sulfonamides is 1. The minimum Gasteiger partial charge on any atom is -0.236 e. The summed E-state index contributed by atoms with van der Waals surface area (Å²) >= 11 is 5.85. The van der Waals surface area contributed by atoms with Crippen LogP contribution in [-0.4, -0.2) is 30.8 Å². The second kappa shape index (κ2) is 4.93. The van der Waals surface area contributed by atoms with Gasteiger partial charge in [0.15, 0.2) is 0 Å². The van der Waals surface area contributed by atoms with Crippen LogP contribution in [0.1, 0.15) is 20.3 Å². The minimum absolute atomic E-state index is 0.0407. The zero-order valence-electron chi connectivity index (χ0n) is 12.0. The quantitative estimate of drug-likeness (QED) is 0.796. The molecule has 2 heterocycles. The van der Waals surface area contributed by atoms with Crippen molar-refractivity contribution in [3.8, 4) is 0 Å². The molecule has 3 rings (SSSR count). The highest BCUT2D eigenvalue weighted by molar-refractivity contribution is 7.89. The molecule has 0 unspecified atom stereocenters. The van der Waals surface area contributed by atoms with Crippen LogP contribution in [0.2, 0.25) is 5.15 Å². The van der Waals surface area contributed by atoms with Crippen molar-refractivity contribution in [3.05, 3.63) is 35.5 Å². The normalized spacial score (nSPS) is 19.2. The average Bonchev–Trinajstić information content (AvgIpc) is 2.79. The van der Waals surface area contributed by atoms with Crippen molar-refractivity contribution in [1.82, 2.24) is 9.29 Å². The van der Waals surface area contributed by atoms with Gasteiger partial charge >= 0.3 is 0 Å². The summed E-state index contributed by atoms with van der Waals surface area (Å²) in [4.78, 5) is 4.49. The first-order valence-corrected chi connectivity index (χ1v) is 8.66. The molecule has 1 aromatic heterocycles. The Balaban J connectivity index is 2.01. The first-order chi connectivity index (χ1) is 9.78. The highest BCUT2D eigenvalue weighted by Gasteiger charge is 2.36. The Morgan fingerprint density at radius 1 is 1.24 bits per heavy atom. The van der Waals surface area contributed by atoms with Gasteiger partial charge in [-0.15, -0.1) is 0 Å². The summed E-state index contributed by atoms with van der Waals surface area (Å²) in [6, 6.07) is 8.43. The molecule has 0 atom stereocenters. The maximum Gasteiger partial charge on any atom is 0.243 e. The Kier molecular flexibility index (Phi) is 3.47. The second-order valence-electron chi connectivity index (χ2n) is 6.24.